The van der Waals surface area contributed by atoms with Crippen LogP contribution in [0.2, 0.25) is 0 Å². The van der Waals surface area contributed by atoms with Gasteiger partial charge in [0.05, 0.1) is 20.6 Å². The number of methoxy groups -OCH3 is 2. The molecule has 7 nitrogen and oxygen atoms in total. The summed E-state index contributed by atoms with van der Waals surface area (Å²) in [5.74, 6) is 0.137. The highest BCUT2D eigenvalue weighted by Crippen LogP contribution is 2.28. The van der Waals surface area contributed by atoms with Crippen LogP contribution in [-0.2, 0) is 35.5 Å². The molecule has 0 saturated carbocycles. The Morgan fingerprint density at radius 2 is 1.55 bits per heavy atom. The number of halogens is 1. The van der Waals surface area contributed by atoms with Crippen LogP contribution in [0.3, 0.4) is 0 Å². The van der Waals surface area contributed by atoms with Gasteiger partial charge in [-0.05, 0) is 52.6 Å². The Morgan fingerprint density at radius 3 is 2.23 bits per heavy atom. The van der Waals surface area contributed by atoms with Crippen LogP contribution in [0.1, 0.15) is 22.3 Å². The van der Waals surface area contributed by atoms with Gasteiger partial charge in [0, 0.05) is 31.9 Å². The van der Waals surface area contributed by atoms with Gasteiger partial charge in [-0.25, -0.2) is 4.39 Å². The van der Waals surface area contributed by atoms with E-state index in [0.29, 0.717) is 29.0 Å². The van der Waals surface area contributed by atoms with E-state index in [4.69, 9.17) is 9.47 Å². The van der Waals surface area contributed by atoms with Crippen molar-refractivity contribution in [1.82, 2.24) is 15.2 Å². The van der Waals surface area contributed by atoms with E-state index < -0.39 is 6.04 Å². The summed E-state index contributed by atoms with van der Waals surface area (Å²) >= 11 is 0. The van der Waals surface area contributed by atoms with Crippen molar-refractivity contribution in [3.63, 3.8) is 0 Å². The van der Waals surface area contributed by atoms with Crippen LogP contribution in [0.5, 0.6) is 11.5 Å². The highest BCUT2D eigenvalue weighted by Gasteiger charge is 2.30. The van der Waals surface area contributed by atoms with Crippen LogP contribution in [0, 0.1) is 5.82 Å². The molecule has 0 unspecified atom stereocenters. The van der Waals surface area contributed by atoms with Crippen molar-refractivity contribution in [3.05, 3.63) is 125 Å². The molecule has 1 aromatic heterocycles. The standard InChI is InChI=1S/C32H32FN3O4/c1-39-29-15-12-25(18-30(29)40-2)19-31(37)36(22-24-10-13-27(33)14-11-24)28(17-23-7-4-3-5-8-23)32(38)35-21-26-9-6-16-34-20-26/h3-16,18,20,28H,17,19,21-22H2,1-2H3,(H,35,38)/t28-/m0/s1. The molecule has 0 aliphatic carbocycles. The zero-order valence-electron chi connectivity index (χ0n) is 22.5. The Labute approximate surface area is 233 Å². The lowest BCUT2D eigenvalue weighted by atomic mass is 10.0. The van der Waals surface area contributed by atoms with Crippen LogP contribution >= 0.6 is 0 Å². The Hall–Kier alpha value is -4.72. The summed E-state index contributed by atoms with van der Waals surface area (Å²) in [6, 6.07) is 23.6. The zero-order chi connectivity index (χ0) is 28.3. The molecule has 4 rings (SSSR count). The van der Waals surface area contributed by atoms with E-state index in [0.717, 1.165) is 11.1 Å². The Balaban J connectivity index is 1.66. The molecule has 0 fully saturated rings. The maximum absolute atomic E-state index is 13.9. The van der Waals surface area contributed by atoms with Gasteiger partial charge in [-0.15, -0.1) is 0 Å². The average Bonchev–Trinajstić information content (AvgIpc) is 2.99. The summed E-state index contributed by atoms with van der Waals surface area (Å²) in [6.45, 7) is 0.399. The quantitative estimate of drug-likeness (QED) is 0.280. The average molecular weight is 542 g/mol. The minimum absolute atomic E-state index is 0.0305. The van der Waals surface area contributed by atoms with Crippen molar-refractivity contribution in [3.8, 4) is 11.5 Å². The third-order valence-corrected chi connectivity index (χ3v) is 6.53. The normalized spacial score (nSPS) is 11.4. The second-order valence-corrected chi connectivity index (χ2v) is 9.30. The number of amides is 2. The molecular formula is C32H32FN3O4. The van der Waals surface area contributed by atoms with Gasteiger partial charge in [0.15, 0.2) is 11.5 Å². The van der Waals surface area contributed by atoms with Gasteiger partial charge in [0.2, 0.25) is 11.8 Å². The minimum Gasteiger partial charge on any atom is -0.493 e. The first-order valence-electron chi connectivity index (χ1n) is 12.9. The van der Waals surface area contributed by atoms with Gasteiger partial charge in [-0.2, -0.15) is 0 Å². The monoisotopic (exact) mass is 541 g/mol. The summed E-state index contributed by atoms with van der Waals surface area (Å²) in [5, 5.41) is 2.98. The maximum Gasteiger partial charge on any atom is 0.243 e. The van der Waals surface area contributed by atoms with E-state index in [1.54, 1.807) is 60.8 Å². The van der Waals surface area contributed by atoms with E-state index in [1.165, 1.54) is 19.2 Å². The Bertz CT molecular complexity index is 1400. The number of carbonyl (C=O) groups excluding carboxylic acids is 2. The summed E-state index contributed by atoms with van der Waals surface area (Å²) < 4.78 is 24.4. The van der Waals surface area contributed by atoms with Crippen LogP contribution in [0.15, 0.2) is 97.3 Å². The summed E-state index contributed by atoms with van der Waals surface area (Å²) in [5.41, 5.74) is 3.17. The Morgan fingerprint density at radius 1 is 0.850 bits per heavy atom. The number of hydrogen-bond donors (Lipinski definition) is 1. The molecule has 0 aliphatic rings. The molecule has 1 heterocycles. The number of nitrogens with zero attached hydrogens (tertiary/aromatic N) is 2. The van der Waals surface area contributed by atoms with Gasteiger partial charge in [0.1, 0.15) is 11.9 Å². The molecule has 3 aromatic carbocycles. The lowest BCUT2D eigenvalue weighted by Gasteiger charge is -2.32. The fourth-order valence-electron chi connectivity index (χ4n) is 4.42. The van der Waals surface area contributed by atoms with Crippen LogP contribution < -0.4 is 14.8 Å². The molecule has 8 heteroatoms. The van der Waals surface area contributed by atoms with Crippen molar-refractivity contribution < 1.29 is 23.5 Å². The van der Waals surface area contributed by atoms with Crippen molar-refractivity contribution in [2.75, 3.05) is 14.2 Å². The molecule has 40 heavy (non-hydrogen) atoms. The van der Waals surface area contributed by atoms with E-state index >= 15 is 0 Å². The molecule has 4 aromatic rings. The van der Waals surface area contributed by atoms with Crippen molar-refractivity contribution in [2.24, 2.45) is 0 Å². The zero-order valence-corrected chi connectivity index (χ0v) is 22.5. The highest BCUT2D eigenvalue weighted by atomic mass is 19.1. The van der Waals surface area contributed by atoms with Crippen molar-refractivity contribution >= 4 is 11.8 Å². The van der Waals surface area contributed by atoms with Gasteiger partial charge >= 0.3 is 0 Å². The highest BCUT2D eigenvalue weighted by molar-refractivity contribution is 5.89. The molecule has 0 aliphatic heterocycles. The molecule has 0 radical (unpaired) electrons. The molecule has 0 bridgehead atoms. The number of rotatable bonds is 12. The third kappa shape index (κ3) is 7.66. The summed E-state index contributed by atoms with van der Waals surface area (Å²) in [4.78, 5) is 33.3. The first kappa shape index (κ1) is 28.3. The number of hydrogen-bond acceptors (Lipinski definition) is 5. The fraction of sp³-hybridized carbons (Fsp3) is 0.219. The molecule has 1 atom stereocenters. The smallest absolute Gasteiger partial charge is 0.243 e. The maximum atomic E-state index is 13.9. The lowest BCUT2D eigenvalue weighted by Crippen LogP contribution is -2.50. The number of ether oxygens (including phenoxy) is 2. The SMILES string of the molecule is COc1ccc(CC(=O)N(Cc2ccc(F)cc2)[C@@H](Cc2ccccc2)C(=O)NCc2cccnc2)cc1OC. The van der Waals surface area contributed by atoms with Crippen molar-refractivity contribution in [1.29, 1.82) is 0 Å². The topological polar surface area (TPSA) is 80.8 Å². The first-order valence-corrected chi connectivity index (χ1v) is 12.9. The fourth-order valence-corrected chi connectivity index (χ4v) is 4.42. The van der Waals surface area contributed by atoms with Crippen LogP contribution in [0.4, 0.5) is 4.39 Å². The second kappa shape index (κ2) is 13.9. The van der Waals surface area contributed by atoms with E-state index in [2.05, 4.69) is 10.3 Å². The third-order valence-electron chi connectivity index (χ3n) is 6.53. The molecule has 206 valence electrons. The second-order valence-electron chi connectivity index (χ2n) is 9.30. The first-order chi connectivity index (χ1) is 19.5. The van der Waals surface area contributed by atoms with Crippen LogP contribution in [-0.4, -0.2) is 42.0 Å². The molecule has 2 amide bonds. The van der Waals surface area contributed by atoms with Crippen molar-refractivity contribution in [2.45, 2.75) is 32.0 Å². The number of pyridine rings is 1. The number of benzene rings is 3. The largest absolute Gasteiger partial charge is 0.493 e. The predicted octanol–water partition coefficient (Wildman–Crippen LogP) is 4.74. The predicted molar refractivity (Wildman–Crippen MR) is 150 cm³/mol. The van der Waals surface area contributed by atoms with Gasteiger partial charge in [0.25, 0.3) is 0 Å². The molecule has 1 N–H and O–H groups in total. The molecule has 0 saturated heterocycles. The van der Waals surface area contributed by atoms with Gasteiger partial charge in [-0.3, -0.25) is 14.6 Å². The van der Waals surface area contributed by atoms with Gasteiger partial charge in [-0.1, -0.05) is 54.6 Å². The summed E-state index contributed by atoms with van der Waals surface area (Å²) in [6.07, 6.45) is 3.69. The van der Waals surface area contributed by atoms with Gasteiger partial charge < -0.3 is 19.7 Å². The van der Waals surface area contributed by atoms with Crippen LogP contribution in [0.25, 0.3) is 0 Å². The van der Waals surface area contributed by atoms with E-state index in [-0.39, 0.29) is 37.1 Å². The number of carbonyl (C=O) groups is 2. The van der Waals surface area contributed by atoms with E-state index in [1.807, 2.05) is 36.4 Å². The summed E-state index contributed by atoms with van der Waals surface area (Å²) in [7, 11) is 3.08. The Kier molecular flexibility index (Phi) is 9.83. The van der Waals surface area contributed by atoms with E-state index in [9.17, 15) is 14.0 Å². The lowest BCUT2D eigenvalue weighted by molar-refractivity contribution is -0.140. The number of nitrogens with one attached hydrogen (secondary N) is 1. The minimum atomic E-state index is -0.822. The molecular weight excluding hydrogens is 509 g/mol. The molecule has 0 spiro atoms. The number of aromatic nitrogens is 1.